The molecular formula is C13H19ClN2O. The van der Waals surface area contributed by atoms with Gasteiger partial charge in [0, 0.05) is 37.7 Å². The summed E-state index contributed by atoms with van der Waals surface area (Å²) in [6.45, 7) is 7.33. The second-order valence-corrected chi connectivity index (χ2v) is 4.83. The summed E-state index contributed by atoms with van der Waals surface area (Å²) in [6, 6.07) is 3.96. The summed E-state index contributed by atoms with van der Waals surface area (Å²) < 4.78 is 5.26. The van der Waals surface area contributed by atoms with Crippen molar-refractivity contribution in [3.8, 4) is 5.75 Å². The summed E-state index contributed by atoms with van der Waals surface area (Å²) in [6.07, 6.45) is 0. The molecule has 94 valence electrons. The second-order valence-electron chi connectivity index (χ2n) is 4.42. The Morgan fingerprint density at radius 1 is 1.35 bits per heavy atom. The van der Waals surface area contributed by atoms with E-state index in [1.54, 1.807) is 7.11 Å². The zero-order chi connectivity index (χ0) is 12.3. The molecule has 0 radical (unpaired) electrons. The minimum absolute atomic E-state index is 0.787. The van der Waals surface area contributed by atoms with Crippen LogP contribution in [0.25, 0.3) is 0 Å². The average molecular weight is 255 g/mol. The van der Waals surface area contributed by atoms with Crippen molar-refractivity contribution >= 4 is 11.6 Å². The van der Waals surface area contributed by atoms with E-state index in [0.717, 1.165) is 49.1 Å². The van der Waals surface area contributed by atoms with Crippen LogP contribution in [0.5, 0.6) is 5.75 Å². The molecule has 3 nitrogen and oxygen atoms in total. The zero-order valence-electron chi connectivity index (χ0n) is 10.4. The van der Waals surface area contributed by atoms with Crippen molar-refractivity contribution in [3.63, 3.8) is 0 Å². The van der Waals surface area contributed by atoms with Crippen molar-refractivity contribution in [3.05, 3.63) is 28.3 Å². The first-order valence-corrected chi connectivity index (χ1v) is 6.34. The average Bonchev–Trinajstić information content (AvgIpc) is 2.36. The molecule has 0 saturated carbocycles. The molecule has 1 saturated heterocycles. The minimum atomic E-state index is 0.787. The topological polar surface area (TPSA) is 24.5 Å². The van der Waals surface area contributed by atoms with Crippen LogP contribution in [0, 0.1) is 6.92 Å². The van der Waals surface area contributed by atoms with Crippen LogP contribution in [0.4, 0.5) is 0 Å². The van der Waals surface area contributed by atoms with Crippen LogP contribution < -0.4 is 10.1 Å². The lowest BCUT2D eigenvalue weighted by molar-refractivity contribution is 0.232. The minimum Gasteiger partial charge on any atom is -0.497 e. The van der Waals surface area contributed by atoms with Crippen molar-refractivity contribution in [1.29, 1.82) is 0 Å². The maximum atomic E-state index is 6.20. The van der Waals surface area contributed by atoms with Crippen molar-refractivity contribution in [2.45, 2.75) is 13.5 Å². The standard InChI is InChI=1S/C13H19ClN2O/c1-10-11(7-12(17-2)8-13(10)14)9-16-5-3-15-4-6-16/h7-8,15H,3-6,9H2,1-2H3. The van der Waals surface area contributed by atoms with Crippen molar-refractivity contribution in [2.24, 2.45) is 0 Å². The van der Waals surface area contributed by atoms with E-state index in [1.807, 2.05) is 6.07 Å². The highest BCUT2D eigenvalue weighted by Gasteiger charge is 2.13. The molecule has 1 aromatic carbocycles. The van der Waals surface area contributed by atoms with Gasteiger partial charge in [0.2, 0.25) is 0 Å². The van der Waals surface area contributed by atoms with E-state index in [-0.39, 0.29) is 0 Å². The van der Waals surface area contributed by atoms with E-state index >= 15 is 0 Å². The number of ether oxygens (including phenoxy) is 1. The van der Waals surface area contributed by atoms with Crippen LogP contribution in [0.15, 0.2) is 12.1 Å². The largest absolute Gasteiger partial charge is 0.497 e. The highest BCUT2D eigenvalue weighted by atomic mass is 35.5. The van der Waals surface area contributed by atoms with Crippen LogP contribution in [0.1, 0.15) is 11.1 Å². The maximum Gasteiger partial charge on any atom is 0.120 e. The number of piperazine rings is 1. The van der Waals surface area contributed by atoms with E-state index in [9.17, 15) is 0 Å². The normalized spacial score (nSPS) is 17.1. The molecule has 0 unspecified atom stereocenters. The van der Waals surface area contributed by atoms with Crippen LogP contribution in [-0.4, -0.2) is 38.2 Å². The molecule has 1 aliphatic rings. The van der Waals surface area contributed by atoms with E-state index in [0.29, 0.717) is 0 Å². The van der Waals surface area contributed by atoms with E-state index < -0.39 is 0 Å². The summed E-state index contributed by atoms with van der Waals surface area (Å²) >= 11 is 6.20. The highest BCUT2D eigenvalue weighted by molar-refractivity contribution is 6.31. The Morgan fingerprint density at radius 3 is 2.71 bits per heavy atom. The number of nitrogens with one attached hydrogen (secondary N) is 1. The number of nitrogens with zero attached hydrogens (tertiary/aromatic N) is 1. The first-order chi connectivity index (χ1) is 8.20. The number of halogens is 1. The number of methoxy groups -OCH3 is 1. The molecule has 2 rings (SSSR count). The molecule has 1 fully saturated rings. The van der Waals surface area contributed by atoms with Gasteiger partial charge in [-0.2, -0.15) is 0 Å². The second kappa shape index (κ2) is 5.71. The first kappa shape index (κ1) is 12.7. The summed E-state index contributed by atoms with van der Waals surface area (Å²) in [5.41, 5.74) is 2.42. The molecule has 0 atom stereocenters. The lowest BCUT2D eigenvalue weighted by Gasteiger charge is -2.28. The maximum absolute atomic E-state index is 6.20. The van der Waals surface area contributed by atoms with Gasteiger partial charge in [-0.05, 0) is 30.2 Å². The third kappa shape index (κ3) is 3.12. The highest BCUT2D eigenvalue weighted by Crippen LogP contribution is 2.26. The Labute approximate surface area is 108 Å². The summed E-state index contributed by atoms with van der Waals surface area (Å²) in [5.74, 6) is 0.839. The van der Waals surface area contributed by atoms with E-state index in [1.165, 1.54) is 5.56 Å². The summed E-state index contributed by atoms with van der Waals surface area (Å²) in [7, 11) is 1.68. The molecule has 4 heteroatoms. The lowest BCUT2D eigenvalue weighted by atomic mass is 10.1. The Hall–Kier alpha value is -0.770. The van der Waals surface area contributed by atoms with Gasteiger partial charge < -0.3 is 10.1 Å². The zero-order valence-corrected chi connectivity index (χ0v) is 11.2. The predicted molar refractivity (Wildman–Crippen MR) is 70.9 cm³/mol. The van der Waals surface area contributed by atoms with Crippen LogP contribution in [-0.2, 0) is 6.54 Å². The molecule has 0 aromatic heterocycles. The number of benzene rings is 1. The smallest absolute Gasteiger partial charge is 0.120 e. The van der Waals surface area contributed by atoms with Gasteiger partial charge in [0.05, 0.1) is 7.11 Å². The first-order valence-electron chi connectivity index (χ1n) is 5.97. The Kier molecular flexibility index (Phi) is 4.26. The van der Waals surface area contributed by atoms with Gasteiger partial charge in [0.25, 0.3) is 0 Å². The van der Waals surface area contributed by atoms with Gasteiger partial charge in [0.15, 0.2) is 0 Å². The lowest BCUT2D eigenvalue weighted by Crippen LogP contribution is -2.43. The molecule has 1 aromatic rings. The van der Waals surface area contributed by atoms with Gasteiger partial charge in [0.1, 0.15) is 5.75 Å². The number of hydrogen-bond donors (Lipinski definition) is 1. The van der Waals surface area contributed by atoms with Gasteiger partial charge in [-0.3, -0.25) is 4.90 Å². The number of rotatable bonds is 3. The number of hydrogen-bond acceptors (Lipinski definition) is 3. The van der Waals surface area contributed by atoms with E-state index in [4.69, 9.17) is 16.3 Å². The molecule has 0 amide bonds. The van der Waals surface area contributed by atoms with Gasteiger partial charge in [-0.1, -0.05) is 11.6 Å². The fourth-order valence-electron chi connectivity index (χ4n) is 2.10. The molecule has 0 bridgehead atoms. The third-order valence-corrected chi connectivity index (χ3v) is 3.66. The summed E-state index contributed by atoms with van der Waals surface area (Å²) in [4.78, 5) is 2.44. The molecule has 0 spiro atoms. The van der Waals surface area contributed by atoms with Gasteiger partial charge in [-0.25, -0.2) is 0 Å². The fourth-order valence-corrected chi connectivity index (χ4v) is 2.33. The molecule has 1 aliphatic heterocycles. The van der Waals surface area contributed by atoms with Crippen LogP contribution in [0.3, 0.4) is 0 Å². The third-order valence-electron chi connectivity index (χ3n) is 3.26. The fraction of sp³-hybridized carbons (Fsp3) is 0.538. The Morgan fingerprint density at radius 2 is 2.06 bits per heavy atom. The monoisotopic (exact) mass is 254 g/mol. The van der Waals surface area contributed by atoms with Crippen molar-refractivity contribution in [1.82, 2.24) is 10.2 Å². The molecule has 17 heavy (non-hydrogen) atoms. The Balaban J connectivity index is 2.15. The quantitative estimate of drug-likeness (QED) is 0.894. The Bertz CT molecular complexity index is 389. The predicted octanol–water partition coefficient (Wildman–Crippen LogP) is 2.06. The van der Waals surface area contributed by atoms with Crippen LogP contribution in [0.2, 0.25) is 5.02 Å². The molecule has 1 N–H and O–H groups in total. The van der Waals surface area contributed by atoms with Crippen molar-refractivity contribution < 1.29 is 4.74 Å². The SMILES string of the molecule is COc1cc(Cl)c(C)c(CN2CCNCC2)c1. The summed E-state index contributed by atoms with van der Waals surface area (Å²) in [5, 5.41) is 4.14. The molecule has 0 aliphatic carbocycles. The van der Waals surface area contributed by atoms with Crippen LogP contribution >= 0.6 is 11.6 Å². The van der Waals surface area contributed by atoms with Crippen molar-refractivity contribution in [2.75, 3.05) is 33.3 Å². The molecule has 1 heterocycles. The van der Waals surface area contributed by atoms with Gasteiger partial charge in [-0.15, -0.1) is 0 Å². The van der Waals surface area contributed by atoms with E-state index in [2.05, 4.69) is 23.2 Å². The van der Waals surface area contributed by atoms with Gasteiger partial charge >= 0.3 is 0 Å². The molecular weight excluding hydrogens is 236 g/mol.